The summed E-state index contributed by atoms with van der Waals surface area (Å²) in [4.78, 5) is 27.1. The molecule has 1 fully saturated rings. The topological polar surface area (TPSA) is 66.7 Å². The van der Waals surface area contributed by atoms with Crippen LogP contribution in [0, 0.1) is 10.1 Å². The average Bonchev–Trinajstić information content (AvgIpc) is 3.09. The van der Waals surface area contributed by atoms with Gasteiger partial charge in [-0.3, -0.25) is 14.9 Å². The Balaban J connectivity index is 1.53. The number of halogens is 4. The molecule has 0 bridgehead atoms. The molecule has 0 aliphatic carbocycles. The number of piperazine rings is 1. The van der Waals surface area contributed by atoms with Crippen molar-refractivity contribution >= 4 is 50.3 Å². The van der Waals surface area contributed by atoms with Gasteiger partial charge in [0.25, 0.3) is 11.6 Å². The Kier molecular flexibility index (Phi) is 5.52. The summed E-state index contributed by atoms with van der Waals surface area (Å²) < 4.78 is 39.7. The monoisotopic (exact) mass is 469 g/mol. The van der Waals surface area contributed by atoms with Crippen molar-refractivity contribution < 1.29 is 22.9 Å². The quantitative estimate of drug-likeness (QED) is 0.378. The van der Waals surface area contributed by atoms with E-state index < -0.39 is 22.4 Å². The minimum absolute atomic E-state index is 0.102. The third kappa shape index (κ3) is 4.05. The van der Waals surface area contributed by atoms with Gasteiger partial charge < -0.3 is 9.80 Å². The van der Waals surface area contributed by atoms with E-state index in [4.69, 9.17) is 11.6 Å². The summed E-state index contributed by atoms with van der Waals surface area (Å²) in [6, 6.07) is 9.91. The highest BCUT2D eigenvalue weighted by molar-refractivity contribution is 7.21. The number of hydrogen-bond acceptors (Lipinski definition) is 5. The third-order valence-electron chi connectivity index (χ3n) is 5.14. The van der Waals surface area contributed by atoms with E-state index in [9.17, 15) is 28.1 Å². The van der Waals surface area contributed by atoms with Gasteiger partial charge in [0.2, 0.25) is 0 Å². The fourth-order valence-electron chi connectivity index (χ4n) is 3.56. The molecule has 162 valence electrons. The van der Waals surface area contributed by atoms with E-state index in [1.165, 1.54) is 11.3 Å². The van der Waals surface area contributed by atoms with Crippen LogP contribution >= 0.6 is 22.9 Å². The summed E-state index contributed by atoms with van der Waals surface area (Å²) in [6.45, 7) is 1.03. The van der Waals surface area contributed by atoms with Crippen LogP contribution in [0.5, 0.6) is 0 Å². The normalized spacial score (nSPS) is 14.8. The number of nitro groups is 1. The Morgan fingerprint density at radius 2 is 1.77 bits per heavy atom. The Labute approximate surface area is 183 Å². The molecule has 0 unspecified atom stereocenters. The van der Waals surface area contributed by atoms with E-state index in [2.05, 4.69) is 0 Å². The van der Waals surface area contributed by atoms with E-state index >= 15 is 0 Å². The molecule has 0 N–H and O–H groups in total. The van der Waals surface area contributed by atoms with E-state index in [0.717, 1.165) is 22.2 Å². The molecular weight excluding hydrogens is 455 g/mol. The van der Waals surface area contributed by atoms with Crippen LogP contribution in [-0.2, 0) is 6.18 Å². The smallest absolute Gasteiger partial charge is 0.362 e. The largest absolute Gasteiger partial charge is 0.416 e. The van der Waals surface area contributed by atoms with Crippen molar-refractivity contribution in [2.24, 2.45) is 0 Å². The lowest BCUT2D eigenvalue weighted by molar-refractivity contribution is -0.384. The molecule has 1 amide bonds. The lowest BCUT2D eigenvalue weighted by atomic mass is 10.1. The van der Waals surface area contributed by atoms with E-state index in [-0.39, 0.29) is 37.8 Å². The number of carbonyl (C=O) groups is 1. The van der Waals surface area contributed by atoms with Crippen LogP contribution in [0.2, 0.25) is 5.02 Å². The van der Waals surface area contributed by atoms with Crippen molar-refractivity contribution in [1.29, 1.82) is 0 Å². The number of thiophene rings is 1. The summed E-state index contributed by atoms with van der Waals surface area (Å²) in [6.07, 6.45) is -4.67. The van der Waals surface area contributed by atoms with Crippen LogP contribution in [0.4, 0.5) is 24.5 Å². The van der Waals surface area contributed by atoms with Gasteiger partial charge in [-0.1, -0.05) is 29.8 Å². The highest BCUT2D eigenvalue weighted by atomic mass is 35.5. The SMILES string of the molecule is O=C(c1sc2ccccc2c1Cl)N1CCN(c2ccc(C(F)(F)F)cc2[N+](=O)[O-])CC1. The molecule has 0 spiro atoms. The van der Waals surface area contributed by atoms with Gasteiger partial charge in [-0.15, -0.1) is 11.3 Å². The third-order valence-corrected chi connectivity index (χ3v) is 6.80. The first-order valence-electron chi connectivity index (χ1n) is 9.23. The molecule has 31 heavy (non-hydrogen) atoms. The lowest BCUT2D eigenvalue weighted by Crippen LogP contribution is -2.48. The summed E-state index contributed by atoms with van der Waals surface area (Å²) in [7, 11) is 0. The first kappa shape index (κ1) is 21.4. The van der Waals surface area contributed by atoms with Crippen LogP contribution in [0.1, 0.15) is 15.2 Å². The molecule has 1 aromatic heterocycles. The number of anilines is 1. The maximum atomic E-state index is 13.0. The van der Waals surface area contributed by atoms with Crippen LogP contribution < -0.4 is 4.90 Å². The Morgan fingerprint density at radius 1 is 1.10 bits per heavy atom. The van der Waals surface area contributed by atoms with Gasteiger partial charge in [-0.25, -0.2) is 0 Å². The van der Waals surface area contributed by atoms with Crippen molar-refractivity contribution in [2.75, 3.05) is 31.1 Å². The van der Waals surface area contributed by atoms with Crippen molar-refractivity contribution in [3.8, 4) is 0 Å². The lowest BCUT2D eigenvalue weighted by Gasteiger charge is -2.35. The minimum Gasteiger partial charge on any atom is -0.362 e. The highest BCUT2D eigenvalue weighted by Crippen LogP contribution is 2.38. The molecule has 4 rings (SSSR count). The first-order valence-corrected chi connectivity index (χ1v) is 10.4. The standard InChI is InChI=1S/C20H15ClF3N3O3S/c21-17-13-3-1-2-4-16(13)31-18(17)19(28)26-9-7-25(8-10-26)14-6-5-12(20(22,23)24)11-15(14)27(29)30/h1-6,11H,7-10H2. The highest BCUT2D eigenvalue weighted by Gasteiger charge is 2.34. The molecule has 2 heterocycles. The maximum absolute atomic E-state index is 13.0. The van der Waals surface area contributed by atoms with Gasteiger partial charge in [0.1, 0.15) is 10.6 Å². The van der Waals surface area contributed by atoms with Gasteiger partial charge in [0.05, 0.1) is 15.5 Å². The van der Waals surface area contributed by atoms with Gasteiger partial charge in [0.15, 0.2) is 0 Å². The number of nitrogens with zero attached hydrogens (tertiary/aromatic N) is 3. The van der Waals surface area contributed by atoms with Gasteiger partial charge in [0, 0.05) is 42.3 Å². The van der Waals surface area contributed by atoms with Crippen molar-refractivity contribution in [3.05, 3.63) is 68.0 Å². The van der Waals surface area contributed by atoms with Crippen LogP contribution in [-0.4, -0.2) is 41.9 Å². The molecular formula is C20H15ClF3N3O3S. The maximum Gasteiger partial charge on any atom is 0.416 e. The molecule has 1 saturated heterocycles. The van der Waals surface area contributed by atoms with E-state index in [1.54, 1.807) is 9.80 Å². The number of carbonyl (C=O) groups excluding carboxylic acids is 1. The molecule has 0 saturated carbocycles. The molecule has 0 atom stereocenters. The Hall–Kier alpha value is -2.85. The zero-order chi connectivity index (χ0) is 22.3. The van der Waals surface area contributed by atoms with E-state index in [1.807, 2.05) is 24.3 Å². The van der Waals surface area contributed by atoms with Crippen LogP contribution in [0.25, 0.3) is 10.1 Å². The average molecular weight is 470 g/mol. The second-order valence-electron chi connectivity index (χ2n) is 6.98. The Morgan fingerprint density at radius 3 is 2.39 bits per heavy atom. The van der Waals surface area contributed by atoms with E-state index in [0.29, 0.717) is 16.0 Å². The molecule has 6 nitrogen and oxygen atoms in total. The summed E-state index contributed by atoms with van der Waals surface area (Å²) >= 11 is 7.69. The van der Waals surface area contributed by atoms with Crippen molar-refractivity contribution in [1.82, 2.24) is 4.90 Å². The first-order chi connectivity index (χ1) is 14.7. The summed E-state index contributed by atoms with van der Waals surface area (Å²) in [5, 5.41) is 12.6. The fourth-order valence-corrected chi connectivity index (χ4v) is 5.04. The Bertz CT molecular complexity index is 1170. The molecule has 1 aliphatic rings. The minimum atomic E-state index is -4.67. The molecule has 2 aromatic carbocycles. The predicted molar refractivity (Wildman–Crippen MR) is 113 cm³/mol. The zero-order valence-corrected chi connectivity index (χ0v) is 17.4. The van der Waals surface area contributed by atoms with Crippen molar-refractivity contribution in [3.63, 3.8) is 0 Å². The second kappa shape index (κ2) is 8.01. The number of hydrogen-bond donors (Lipinski definition) is 0. The zero-order valence-electron chi connectivity index (χ0n) is 15.9. The number of alkyl halides is 3. The van der Waals surface area contributed by atoms with Crippen LogP contribution in [0.3, 0.4) is 0 Å². The number of amides is 1. The van der Waals surface area contributed by atoms with Gasteiger partial charge in [-0.2, -0.15) is 13.2 Å². The molecule has 3 aromatic rings. The summed E-state index contributed by atoms with van der Waals surface area (Å²) in [5.74, 6) is -0.229. The molecule has 1 aliphatic heterocycles. The number of nitro benzene ring substituents is 1. The van der Waals surface area contributed by atoms with Gasteiger partial charge in [-0.05, 0) is 18.2 Å². The van der Waals surface area contributed by atoms with Gasteiger partial charge >= 0.3 is 6.18 Å². The van der Waals surface area contributed by atoms with Crippen molar-refractivity contribution in [2.45, 2.75) is 6.18 Å². The molecule has 11 heteroatoms. The summed E-state index contributed by atoms with van der Waals surface area (Å²) in [5.41, 5.74) is -1.58. The molecule has 0 radical (unpaired) electrons. The number of benzene rings is 2. The fraction of sp³-hybridized carbons (Fsp3) is 0.250. The second-order valence-corrected chi connectivity index (χ2v) is 8.41. The number of fused-ring (bicyclic) bond motifs is 1. The predicted octanol–water partition coefficient (Wildman–Crippen LogP) is 5.44. The number of rotatable bonds is 3. The van der Waals surface area contributed by atoms with Crippen LogP contribution in [0.15, 0.2) is 42.5 Å².